The van der Waals surface area contributed by atoms with E-state index in [4.69, 9.17) is 5.11 Å². The van der Waals surface area contributed by atoms with Gasteiger partial charge in [0.15, 0.2) is 5.60 Å². The largest absolute Gasteiger partial charge is 0.479 e. The normalized spacial score (nSPS) is 18.9. The van der Waals surface area contributed by atoms with Gasteiger partial charge in [-0.3, -0.25) is 4.79 Å². The highest BCUT2D eigenvalue weighted by atomic mass is 19.1. The number of halogens is 2. The predicted molar refractivity (Wildman–Crippen MR) is 73.2 cm³/mol. The molecule has 1 amide bonds. The molecule has 0 aliphatic heterocycles. The molecule has 0 radical (unpaired) electrons. The zero-order valence-electron chi connectivity index (χ0n) is 12.0. The molecule has 1 unspecified atom stereocenters. The minimum absolute atomic E-state index is 0.270. The molecular weight excluding hydrogens is 296 g/mol. The Hall–Kier alpha value is -2.02. The Kier molecular flexibility index (Phi) is 4.19. The summed E-state index contributed by atoms with van der Waals surface area (Å²) in [6.45, 7) is 0.492. The zero-order chi connectivity index (χ0) is 16.5. The fourth-order valence-electron chi connectivity index (χ4n) is 2.57. The van der Waals surface area contributed by atoms with Crippen LogP contribution in [-0.4, -0.2) is 34.2 Å². The Labute approximate surface area is 126 Å². The van der Waals surface area contributed by atoms with Gasteiger partial charge in [-0.1, -0.05) is 12.5 Å². The first-order chi connectivity index (χ1) is 10.2. The second kappa shape index (κ2) is 5.64. The Morgan fingerprint density at radius 3 is 2.27 bits per heavy atom. The lowest BCUT2D eigenvalue weighted by molar-refractivity contribution is -0.156. The Morgan fingerprint density at radius 2 is 1.86 bits per heavy atom. The summed E-state index contributed by atoms with van der Waals surface area (Å²) in [7, 11) is 0. The van der Waals surface area contributed by atoms with Crippen LogP contribution in [0.3, 0.4) is 0 Å². The zero-order valence-corrected chi connectivity index (χ0v) is 12.0. The molecule has 7 heteroatoms. The molecule has 1 aliphatic carbocycles. The smallest absolute Gasteiger partial charge is 0.337 e. The molecule has 0 bridgehead atoms. The highest BCUT2D eigenvalue weighted by molar-refractivity contribution is 5.90. The summed E-state index contributed by atoms with van der Waals surface area (Å²) >= 11 is 0. The third-order valence-electron chi connectivity index (χ3n) is 4.14. The number of benzene rings is 1. The monoisotopic (exact) mass is 313 g/mol. The summed E-state index contributed by atoms with van der Waals surface area (Å²) in [5.74, 6) is -3.78. The van der Waals surface area contributed by atoms with Crippen molar-refractivity contribution < 1.29 is 28.6 Å². The van der Waals surface area contributed by atoms with Crippen LogP contribution in [0.15, 0.2) is 18.2 Å². The number of hydrogen-bond donors (Lipinski definition) is 3. The fourth-order valence-corrected chi connectivity index (χ4v) is 2.57. The number of carboxylic acid groups (broad SMARTS) is 1. The van der Waals surface area contributed by atoms with Crippen molar-refractivity contribution in [3.63, 3.8) is 0 Å². The molecule has 1 saturated carbocycles. The van der Waals surface area contributed by atoms with Crippen LogP contribution in [0.25, 0.3) is 0 Å². The van der Waals surface area contributed by atoms with Crippen molar-refractivity contribution in [2.75, 3.05) is 6.54 Å². The lowest BCUT2D eigenvalue weighted by Crippen LogP contribution is -2.54. The summed E-state index contributed by atoms with van der Waals surface area (Å²) in [5, 5.41) is 20.7. The van der Waals surface area contributed by atoms with Gasteiger partial charge in [-0.15, -0.1) is 0 Å². The first-order valence-electron chi connectivity index (χ1n) is 6.89. The van der Waals surface area contributed by atoms with Gasteiger partial charge in [0.2, 0.25) is 5.91 Å². The summed E-state index contributed by atoms with van der Waals surface area (Å²) in [6, 6.07) is 3.38. The highest BCUT2D eigenvalue weighted by Gasteiger charge is 2.49. The van der Waals surface area contributed by atoms with Crippen LogP contribution in [0.5, 0.6) is 0 Å². The molecular formula is C15H17F2NO4. The highest BCUT2D eigenvalue weighted by Crippen LogP contribution is 2.46. The molecule has 1 aliphatic rings. The first-order valence-corrected chi connectivity index (χ1v) is 6.89. The molecule has 0 aromatic heterocycles. The van der Waals surface area contributed by atoms with Gasteiger partial charge in [0.25, 0.3) is 0 Å². The Balaban J connectivity index is 2.24. The Morgan fingerprint density at radius 1 is 1.32 bits per heavy atom. The van der Waals surface area contributed by atoms with Crippen LogP contribution < -0.4 is 5.32 Å². The molecule has 120 valence electrons. The van der Waals surface area contributed by atoms with Gasteiger partial charge in [-0.2, -0.15) is 0 Å². The second-order valence-corrected chi connectivity index (χ2v) is 5.79. The van der Waals surface area contributed by atoms with E-state index in [1.54, 1.807) is 0 Å². The summed E-state index contributed by atoms with van der Waals surface area (Å²) in [5.41, 5.74) is -3.79. The second-order valence-electron chi connectivity index (χ2n) is 5.79. The molecule has 2 rings (SSSR count). The fraction of sp³-hybridized carbons (Fsp3) is 0.467. The van der Waals surface area contributed by atoms with Gasteiger partial charge in [-0.05, 0) is 31.9 Å². The maximum absolute atomic E-state index is 14.0. The van der Waals surface area contributed by atoms with Crippen molar-refractivity contribution in [3.05, 3.63) is 35.4 Å². The van der Waals surface area contributed by atoms with E-state index < -0.39 is 41.1 Å². The van der Waals surface area contributed by atoms with Crippen LogP contribution in [0.4, 0.5) is 8.78 Å². The topological polar surface area (TPSA) is 86.6 Å². The van der Waals surface area contributed by atoms with E-state index in [0.29, 0.717) is 6.42 Å². The summed E-state index contributed by atoms with van der Waals surface area (Å²) in [4.78, 5) is 23.2. The quantitative estimate of drug-likeness (QED) is 0.765. The van der Waals surface area contributed by atoms with Crippen LogP contribution in [0.1, 0.15) is 31.7 Å². The minimum atomic E-state index is -2.14. The van der Waals surface area contributed by atoms with Gasteiger partial charge >= 0.3 is 5.97 Å². The van der Waals surface area contributed by atoms with Gasteiger partial charge in [0.1, 0.15) is 11.6 Å². The van der Waals surface area contributed by atoms with E-state index in [-0.39, 0.29) is 18.4 Å². The van der Waals surface area contributed by atoms with E-state index in [0.717, 1.165) is 19.1 Å². The molecule has 0 spiro atoms. The molecule has 1 fully saturated rings. The molecule has 22 heavy (non-hydrogen) atoms. The average Bonchev–Trinajstić information content (AvgIpc) is 2.38. The lowest BCUT2D eigenvalue weighted by atomic mass is 9.63. The average molecular weight is 313 g/mol. The van der Waals surface area contributed by atoms with Crippen molar-refractivity contribution in [1.82, 2.24) is 5.32 Å². The number of rotatable bonds is 5. The van der Waals surface area contributed by atoms with E-state index in [1.807, 2.05) is 0 Å². The van der Waals surface area contributed by atoms with E-state index in [9.17, 15) is 23.5 Å². The van der Waals surface area contributed by atoms with Gasteiger partial charge in [0, 0.05) is 5.56 Å². The number of nitrogens with one attached hydrogen (secondary N) is 1. The number of aliphatic carboxylic acids is 1. The lowest BCUT2D eigenvalue weighted by Gasteiger charge is -2.41. The molecule has 0 heterocycles. The third kappa shape index (κ3) is 2.68. The molecule has 1 aromatic carbocycles. The summed E-state index contributed by atoms with van der Waals surface area (Å²) in [6.07, 6.45) is 1.17. The standard InChI is InChI=1S/C15H17F2NO4/c1-14(22,13(20)21)8-18-12(19)15(6-3-7-15)11-9(16)4-2-5-10(11)17/h2,4-5,22H,3,6-8H2,1H3,(H,18,19)(H,20,21). The van der Waals surface area contributed by atoms with E-state index in [2.05, 4.69) is 5.32 Å². The number of aliphatic hydroxyl groups is 1. The van der Waals surface area contributed by atoms with Gasteiger partial charge in [-0.25, -0.2) is 13.6 Å². The number of hydrogen-bond acceptors (Lipinski definition) is 3. The van der Waals surface area contributed by atoms with Crippen LogP contribution in [-0.2, 0) is 15.0 Å². The number of carbonyl (C=O) groups excluding carboxylic acids is 1. The molecule has 3 N–H and O–H groups in total. The van der Waals surface area contributed by atoms with Crippen molar-refractivity contribution in [2.45, 2.75) is 37.2 Å². The van der Waals surface area contributed by atoms with Crippen molar-refractivity contribution >= 4 is 11.9 Å². The Bertz CT molecular complexity index is 591. The third-order valence-corrected chi connectivity index (χ3v) is 4.14. The predicted octanol–water partition coefficient (Wildman–Crippen LogP) is 1.34. The van der Waals surface area contributed by atoms with Crippen molar-refractivity contribution in [3.8, 4) is 0 Å². The van der Waals surface area contributed by atoms with Gasteiger partial charge in [0.05, 0.1) is 12.0 Å². The van der Waals surface area contributed by atoms with Crippen molar-refractivity contribution in [2.24, 2.45) is 0 Å². The maximum atomic E-state index is 14.0. The minimum Gasteiger partial charge on any atom is -0.479 e. The SMILES string of the molecule is CC(O)(CNC(=O)C1(c2c(F)cccc2F)CCC1)C(=O)O. The van der Waals surface area contributed by atoms with Crippen LogP contribution in [0.2, 0.25) is 0 Å². The summed E-state index contributed by atoms with van der Waals surface area (Å²) < 4.78 is 27.9. The number of carboxylic acids is 1. The maximum Gasteiger partial charge on any atom is 0.337 e. The first kappa shape index (κ1) is 16.4. The van der Waals surface area contributed by atoms with E-state index in [1.165, 1.54) is 6.07 Å². The number of amides is 1. The number of carbonyl (C=O) groups is 2. The van der Waals surface area contributed by atoms with Gasteiger partial charge < -0.3 is 15.5 Å². The van der Waals surface area contributed by atoms with Crippen LogP contribution >= 0.6 is 0 Å². The molecule has 1 aromatic rings. The van der Waals surface area contributed by atoms with Crippen molar-refractivity contribution in [1.29, 1.82) is 0 Å². The molecule has 1 atom stereocenters. The van der Waals surface area contributed by atoms with E-state index >= 15 is 0 Å². The molecule has 0 saturated heterocycles. The molecule has 5 nitrogen and oxygen atoms in total. The van der Waals surface area contributed by atoms with Crippen LogP contribution in [0, 0.1) is 11.6 Å².